The monoisotopic (exact) mass is 252 g/mol. The van der Waals surface area contributed by atoms with Crippen molar-refractivity contribution in [2.45, 2.75) is 31.2 Å². The van der Waals surface area contributed by atoms with Gasteiger partial charge in [0.1, 0.15) is 0 Å². The van der Waals surface area contributed by atoms with Gasteiger partial charge in [-0.25, -0.2) is 0 Å². The van der Waals surface area contributed by atoms with E-state index >= 15 is 0 Å². The van der Waals surface area contributed by atoms with Crippen molar-refractivity contribution in [1.82, 2.24) is 9.80 Å². The summed E-state index contributed by atoms with van der Waals surface area (Å²) in [6.07, 6.45) is 6.21. The van der Waals surface area contributed by atoms with E-state index in [1.165, 1.54) is 25.0 Å². The number of amides is 1. The van der Waals surface area contributed by atoms with E-state index in [9.17, 15) is 4.79 Å². The van der Waals surface area contributed by atoms with Gasteiger partial charge in [0.05, 0.1) is 6.61 Å². The van der Waals surface area contributed by atoms with Gasteiger partial charge in [0.2, 0.25) is 5.91 Å². The molecule has 4 nitrogen and oxygen atoms in total. The number of methoxy groups -OCH3 is 1. The normalized spacial score (nSPS) is 29.8. The van der Waals surface area contributed by atoms with E-state index in [2.05, 4.69) is 11.0 Å². The van der Waals surface area contributed by atoms with Gasteiger partial charge in [0.15, 0.2) is 0 Å². The smallest absolute Gasteiger partial charge is 0.225 e. The summed E-state index contributed by atoms with van der Waals surface area (Å²) in [4.78, 5) is 15.8. The zero-order valence-corrected chi connectivity index (χ0v) is 11.7. The van der Waals surface area contributed by atoms with Gasteiger partial charge in [0, 0.05) is 39.7 Å². The van der Waals surface area contributed by atoms with Crippen LogP contribution in [0.4, 0.5) is 0 Å². The average Bonchev–Trinajstić information content (AvgIpc) is 2.82. The maximum Gasteiger partial charge on any atom is 0.225 e. The van der Waals surface area contributed by atoms with Gasteiger partial charge in [-0.2, -0.15) is 0 Å². The van der Waals surface area contributed by atoms with E-state index in [-0.39, 0.29) is 11.4 Å². The van der Waals surface area contributed by atoms with Crippen LogP contribution in [0.1, 0.15) is 25.7 Å². The molecule has 2 aliphatic rings. The Bertz CT molecular complexity index is 352. The summed E-state index contributed by atoms with van der Waals surface area (Å²) in [5, 5.41) is 0. The van der Waals surface area contributed by atoms with Crippen molar-refractivity contribution in [3.05, 3.63) is 11.6 Å². The van der Waals surface area contributed by atoms with Crippen molar-refractivity contribution in [1.29, 1.82) is 0 Å². The topological polar surface area (TPSA) is 32.8 Å². The number of hydrogen-bond donors (Lipinski definition) is 0. The second-order valence-electron chi connectivity index (χ2n) is 5.71. The standard InChI is InChI=1S/C14H24N2O2/c1-15(2)13(17)6-5-12-9-14(11-18-3)7-4-8-16(14)10-12/h5H,4,6-11H2,1-3H3/b12-5-/t14-/m0/s1. The van der Waals surface area contributed by atoms with Crippen LogP contribution < -0.4 is 0 Å². The van der Waals surface area contributed by atoms with Gasteiger partial charge >= 0.3 is 0 Å². The lowest BCUT2D eigenvalue weighted by Gasteiger charge is -2.30. The average molecular weight is 252 g/mol. The molecule has 4 heteroatoms. The van der Waals surface area contributed by atoms with Crippen molar-refractivity contribution in [2.75, 3.05) is 40.9 Å². The Kier molecular flexibility index (Phi) is 4.07. The Morgan fingerprint density at radius 1 is 1.56 bits per heavy atom. The first-order valence-electron chi connectivity index (χ1n) is 6.69. The molecule has 2 fully saturated rings. The third kappa shape index (κ3) is 2.59. The van der Waals surface area contributed by atoms with E-state index in [4.69, 9.17) is 4.74 Å². The Labute approximate surface area is 110 Å². The summed E-state index contributed by atoms with van der Waals surface area (Å²) in [5.41, 5.74) is 1.63. The van der Waals surface area contributed by atoms with Crippen LogP contribution in [0, 0.1) is 0 Å². The van der Waals surface area contributed by atoms with Gasteiger partial charge in [-0.15, -0.1) is 0 Å². The van der Waals surface area contributed by atoms with Crippen LogP contribution in [0.15, 0.2) is 11.6 Å². The molecular formula is C14H24N2O2. The van der Waals surface area contributed by atoms with Crippen molar-refractivity contribution >= 4 is 5.91 Å². The molecule has 0 saturated carbocycles. The molecule has 18 heavy (non-hydrogen) atoms. The highest BCUT2D eigenvalue weighted by Gasteiger charge is 2.46. The Balaban J connectivity index is 1.98. The molecule has 2 heterocycles. The van der Waals surface area contributed by atoms with Crippen molar-refractivity contribution in [2.24, 2.45) is 0 Å². The molecule has 1 atom stereocenters. The third-order valence-corrected chi connectivity index (χ3v) is 4.17. The predicted octanol–water partition coefficient (Wildman–Crippen LogP) is 1.28. The summed E-state index contributed by atoms with van der Waals surface area (Å²) in [5.74, 6) is 0.176. The lowest BCUT2D eigenvalue weighted by atomic mass is 9.93. The van der Waals surface area contributed by atoms with Crippen molar-refractivity contribution < 1.29 is 9.53 Å². The minimum atomic E-state index is 0.176. The number of fused-ring (bicyclic) bond motifs is 1. The number of hydrogen-bond acceptors (Lipinski definition) is 3. The fourth-order valence-electron chi connectivity index (χ4n) is 3.20. The summed E-state index contributed by atoms with van der Waals surface area (Å²) >= 11 is 0. The lowest BCUT2D eigenvalue weighted by Crippen LogP contribution is -2.42. The fourth-order valence-corrected chi connectivity index (χ4v) is 3.20. The van der Waals surface area contributed by atoms with Crippen molar-refractivity contribution in [3.8, 4) is 0 Å². The minimum Gasteiger partial charge on any atom is -0.383 e. The van der Waals surface area contributed by atoms with E-state index in [1.807, 2.05) is 0 Å². The second-order valence-corrected chi connectivity index (χ2v) is 5.71. The molecule has 0 aromatic rings. The van der Waals surface area contributed by atoms with Crippen LogP contribution >= 0.6 is 0 Å². The van der Waals surface area contributed by atoms with E-state index in [0.717, 1.165) is 19.6 Å². The molecule has 0 unspecified atom stereocenters. The van der Waals surface area contributed by atoms with Gasteiger partial charge < -0.3 is 9.64 Å². The van der Waals surface area contributed by atoms with Gasteiger partial charge in [0.25, 0.3) is 0 Å². The molecule has 0 N–H and O–H groups in total. The highest BCUT2D eigenvalue weighted by molar-refractivity contribution is 5.77. The lowest BCUT2D eigenvalue weighted by molar-refractivity contribution is -0.127. The SMILES string of the molecule is COC[C@@]12CCCN1C/C(=C\CC(=O)N(C)C)C2. The maximum absolute atomic E-state index is 11.6. The van der Waals surface area contributed by atoms with Crippen LogP contribution in [-0.4, -0.2) is 62.1 Å². The van der Waals surface area contributed by atoms with E-state index in [0.29, 0.717) is 6.42 Å². The molecule has 0 radical (unpaired) electrons. The molecule has 2 saturated heterocycles. The first-order valence-corrected chi connectivity index (χ1v) is 6.69. The number of rotatable bonds is 4. The summed E-state index contributed by atoms with van der Waals surface area (Å²) < 4.78 is 5.40. The third-order valence-electron chi connectivity index (χ3n) is 4.17. The summed E-state index contributed by atoms with van der Waals surface area (Å²) in [6.45, 7) is 3.00. The largest absolute Gasteiger partial charge is 0.383 e. The molecule has 2 rings (SSSR count). The predicted molar refractivity (Wildman–Crippen MR) is 71.4 cm³/mol. The van der Waals surface area contributed by atoms with Crippen molar-refractivity contribution in [3.63, 3.8) is 0 Å². The van der Waals surface area contributed by atoms with Crippen LogP contribution in [-0.2, 0) is 9.53 Å². The number of ether oxygens (including phenoxy) is 1. The Hall–Kier alpha value is -0.870. The molecule has 0 spiro atoms. The molecule has 2 aliphatic heterocycles. The highest BCUT2D eigenvalue weighted by Crippen LogP contribution is 2.41. The quantitative estimate of drug-likeness (QED) is 0.707. The van der Waals surface area contributed by atoms with Crippen LogP contribution in [0.3, 0.4) is 0 Å². The van der Waals surface area contributed by atoms with E-state index < -0.39 is 0 Å². The molecular weight excluding hydrogens is 228 g/mol. The molecule has 102 valence electrons. The zero-order chi connectivity index (χ0) is 13.2. The molecule has 0 aromatic carbocycles. The van der Waals surface area contributed by atoms with Crippen LogP contribution in [0.2, 0.25) is 0 Å². The zero-order valence-electron chi connectivity index (χ0n) is 11.7. The highest BCUT2D eigenvalue weighted by atomic mass is 16.5. The Morgan fingerprint density at radius 2 is 2.33 bits per heavy atom. The second kappa shape index (κ2) is 5.41. The molecule has 0 bridgehead atoms. The minimum absolute atomic E-state index is 0.176. The first-order chi connectivity index (χ1) is 8.57. The maximum atomic E-state index is 11.6. The summed E-state index contributed by atoms with van der Waals surface area (Å²) in [6, 6.07) is 0. The van der Waals surface area contributed by atoms with Gasteiger partial charge in [-0.05, 0) is 25.8 Å². The molecule has 0 aliphatic carbocycles. The van der Waals surface area contributed by atoms with Crippen LogP contribution in [0.5, 0.6) is 0 Å². The number of nitrogens with zero attached hydrogens (tertiary/aromatic N) is 2. The molecule has 0 aromatic heterocycles. The Morgan fingerprint density at radius 3 is 3.00 bits per heavy atom. The van der Waals surface area contributed by atoms with E-state index in [1.54, 1.807) is 26.1 Å². The molecule has 1 amide bonds. The summed E-state index contributed by atoms with van der Waals surface area (Å²) in [7, 11) is 5.39. The van der Waals surface area contributed by atoms with Gasteiger partial charge in [-0.1, -0.05) is 11.6 Å². The number of carbonyl (C=O) groups excluding carboxylic acids is 1. The van der Waals surface area contributed by atoms with Gasteiger partial charge in [-0.3, -0.25) is 9.69 Å². The first kappa shape index (κ1) is 13.6. The van der Waals surface area contributed by atoms with Crippen LogP contribution in [0.25, 0.3) is 0 Å². The fraction of sp³-hybridized carbons (Fsp3) is 0.786. The number of carbonyl (C=O) groups is 1.